The molecule has 0 saturated carbocycles. The Hall–Kier alpha value is -4.54. The lowest BCUT2D eigenvalue weighted by atomic mass is 10.0. The lowest BCUT2D eigenvalue weighted by Gasteiger charge is -2.25. The van der Waals surface area contributed by atoms with Crippen LogP contribution in [0, 0.1) is 0 Å². The van der Waals surface area contributed by atoms with Crippen LogP contribution in [0.5, 0.6) is 5.75 Å². The van der Waals surface area contributed by atoms with Gasteiger partial charge in [0.1, 0.15) is 17.8 Å². The predicted molar refractivity (Wildman–Crippen MR) is 126 cm³/mol. The highest BCUT2D eigenvalue weighted by atomic mass is 16.5. The molecule has 0 aliphatic carbocycles. The van der Waals surface area contributed by atoms with Crippen LogP contribution in [0.2, 0.25) is 0 Å². The minimum atomic E-state index is -1.01. The molecular formula is C25H26N4O7. The van der Waals surface area contributed by atoms with Crippen LogP contribution in [0.4, 0.5) is 0 Å². The molecule has 0 radical (unpaired) electrons. The number of carbonyl (C=O) groups is 4. The molecule has 3 unspecified atom stereocenters. The van der Waals surface area contributed by atoms with Gasteiger partial charge in [0.2, 0.25) is 11.8 Å². The van der Waals surface area contributed by atoms with Crippen molar-refractivity contribution in [1.29, 1.82) is 0 Å². The molecule has 1 saturated heterocycles. The Morgan fingerprint density at radius 1 is 1.06 bits per heavy atom. The summed E-state index contributed by atoms with van der Waals surface area (Å²) >= 11 is 0. The second-order valence-electron chi connectivity index (χ2n) is 8.35. The first-order valence-electron chi connectivity index (χ1n) is 11.3. The minimum Gasteiger partial charge on any atom is -0.497 e. The van der Waals surface area contributed by atoms with E-state index in [4.69, 9.17) is 19.3 Å². The van der Waals surface area contributed by atoms with Crippen molar-refractivity contribution in [2.75, 3.05) is 13.7 Å². The Labute approximate surface area is 206 Å². The van der Waals surface area contributed by atoms with Crippen molar-refractivity contribution in [3.05, 3.63) is 78.1 Å². The zero-order valence-electron chi connectivity index (χ0n) is 19.5. The molecule has 1 aliphatic rings. The van der Waals surface area contributed by atoms with Crippen LogP contribution in [0.25, 0.3) is 0 Å². The van der Waals surface area contributed by atoms with Crippen molar-refractivity contribution in [1.82, 2.24) is 15.5 Å². The Bertz CT molecular complexity index is 1210. The molecule has 11 heteroatoms. The number of amides is 4. The molecule has 188 valence electrons. The van der Waals surface area contributed by atoms with Gasteiger partial charge in [0.25, 0.3) is 11.8 Å². The summed E-state index contributed by atoms with van der Waals surface area (Å²) in [6.07, 6.45) is 3.01. The fraction of sp³-hybridized carbons (Fsp3) is 0.280. The summed E-state index contributed by atoms with van der Waals surface area (Å²) in [5.41, 5.74) is 6.33. The molecule has 1 fully saturated rings. The molecular weight excluding hydrogens is 468 g/mol. The first kappa shape index (κ1) is 24.6. The van der Waals surface area contributed by atoms with Crippen molar-refractivity contribution in [3.8, 4) is 5.75 Å². The van der Waals surface area contributed by atoms with Crippen LogP contribution in [-0.4, -0.2) is 60.3 Å². The summed E-state index contributed by atoms with van der Waals surface area (Å²) in [5.74, 6) is -1.45. The van der Waals surface area contributed by atoms with Gasteiger partial charge < -0.3 is 34.8 Å². The quantitative estimate of drug-likeness (QED) is 0.402. The van der Waals surface area contributed by atoms with Crippen LogP contribution in [0.1, 0.15) is 33.1 Å². The van der Waals surface area contributed by atoms with Gasteiger partial charge in [-0.3, -0.25) is 19.2 Å². The molecule has 36 heavy (non-hydrogen) atoms. The first-order valence-corrected chi connectivity index (χ1v) is 11.3. The van der Waals surface area contributed by atoms with E-state index in [2.05, 4.69) is 10.6 Å². The van der Waals surface area contributed by atoms with Gasteiger partial charge in [-0.1, -0.05) is 12.1 Å². The van der Waals surface area contributed by atoms with Gasteiger partial charge >= 0.3 is 0 Å². The first-order chi connectivity index (χ1) is 17.4. The molecule has 3 atom stereocenters. The maximum Gasteiger partial charge on any atom is 0.290 e. The minimum absolute atomic E-state index is 0.0514. The third kappa shape index (κ3) is 5.57. The normalized spacial score (nSPS) is 17.9. The SMILES string of the molecule is COc1ccc(CC(NC(=O)C2CC(NC(=O)c3ccco3)CN2C(=O)c2ccco2)C(N)=O)cc1. The Kier molecular flexibility index (Phi) is 7.38. The number of primary amides is 1. The van der Waals surface area contributed by atoms with E-state index in [-0.39, 0.29) is 30.9 Å². The van der Waals surface area contributed by atoms with E-state index in [1.54, 1.807) is 43.5 Å². The Balaban J connectivity index is 1.49. The fourth-order valence-corrected chi connectivity index (χ4v) is 4.11. The number of furan rings is 2. The van der Waals surface area contributed by atoms with Gasteiger partial charge in [-0.15, -0.1) is 0 Å². The Morgan fingerprint density at radius 3 is 2.31 bits per heavy atom. The van der Waals surface area contributed by atoms with Crippen LogP contribution in [0.3, 0.4) is 0 Å². The van der Waals surface area contributed by atoms with E-state index in [9.17, 15) is 19.2 Å². The summed E-state index contributed by atoms with van der Waals surface area (Å²) in [4.78, 5) is 52.3. The molecule has 4 amide bonds. The van der Waals surface area contributed by atoms with Crippen molar-refractivity contribution in [2.45, 2.75) is 31.0 Å². The summed E-state index contributed by atoms with van der Waals surface area (Å²) in [6.45, 7) is 0.0593. The second kappa shape index (κ2) is 10.8. The number of rotatable bonds is 9. The molecule has 1 aromatic carbocycles. The lowest BCUT2D eigenvalue weighted by molar-refractivity contribution is -0.129. The molecule has 3 heterocycles. The van der Waals surface area contributed by atoms with Crippen molar-refractivity contribution >= 4 is 23.6 Å². The number of nitrogens with two attached hydrogens (primary N) is 1. The zero-order valence-corrected chi connectivity index (χ0v) is 19.5. The van der Waals surface area contributed by atoms with Crippen LogP contribution < -0.4 is 21.1 Å². The summed E-state index contributed by atoms with van der Waals surface area (Å²) in [5, 5.41) is 5.45. The van der Waals surface area contributed by atoms with Gasteiger partial charge in [-0.2, -0.15) is 0 Å². The highest BCUT2D eigenvalue weighted by Crippen LogP contribution is 2.22. The van der Waals surface area contributed by atoms with Crippen molar-refractivity contribution in [3.63, 3.8) is 0 Å². The van der Waals surface area contributed by atoms with Gasteiger partial charge in [-0.25, -0.2) is 0 Å². The molecule has 2 aromatic heterocycles. The monoisotopic (exact) mass is 494 g/mol. The van der Waals surface area contributed by atoms with E-state index in [0.717, 1.165) is 5.56 Å². The van der Waals surface area contributed by atoms with Crippen LogP contribution >= 0.6 is 0 Å². The van der Waals surface area contributed by atoms with Gasteiger partial charge in [0.05, 0.1) is 19.6 Å². The number of benzene rings is 1. The van der Waals surface area contributed by atoms with Crippen molar-refractivity contribution < 1.29 is 32.7 Å². The fourth-order valence-electron chi connectivity index (χ4n) is 4.11. The summed E-state index contributed by atoms with van der Waals surface area (Å²) in [6, 6.07) is 10.6. The molecule has 0 bridgehead atoms. The van der Waals surface area contributed by atoms with Gasteiger partial charge in [0.15, 0.2) is 11.5 Å². The second-order valence-corrected chi connectivity index (χ2v) is 8.35. The van der Waals surface area contributed by atoms with Gasteiger partial charge in [0, 0.05) is 19.0 Å². The Morgan fingerprint density at radius 2 is 1.72 bits per heavy atom. The molecule has 1 aliphatic heterocycles. The maximum atomic E-state index is 13.3. The van der Waals surface area contributed by atoms with E-state index >= 15 is 0 Å². The average molecular weight is 495 g/mol. The molecule has 3 aromatic rings. The zero-order chi connectivity index (χ0) is 25.7. The number of hydrogen-bond acceptors (Lipinski definition) is 7. The van der Waals surface area contributed by atoms with Crippen LogP contribution in [-0.2, 0) is 16.0 Å². The number of ether oxygens (including phenoxy) is 1. The molecule has 4 N–H and O–H groups in total. The smallest absolute Gasteiger partial charge is 0.290 e. The standard InChI is InChI=1S/C25H26N4O7/c1-34-17-8-6-15(7-9-17)12-18(22(26)30)28-23(31)19-13-16(27-24(32)20-4-2-10-35-20)14-29(19)25(33)21-5-3-11-36-21/h2-11,16,18-19H,12-14H2,1H3,(H2,26,30)(H,27,32)(H,28,31). The topological polar surface area (TPSA) is 157 Å². The highest BCUT2D eigenvalue weighted by molar-refractivity contribution is 5.97. The van der Waals surface area contributed by atoms with Crippen LogP contribution in [0.15, 0.2) is 69.9 Å². The lowest BCUT2D eigenvalue weighted by Crippen LogP contribution is -2.53. The number of carbonyl (C=O) groups excluding carboxylic acids is 4. The number of methoxy groups -OCH3 is 1. The highest BCUT2D eigenvalue weighted by Gasteiger charge is 2.42. The third-order valence-electron chi connectivity index (χ3n) is 5.94. The van der Waals surface area contributed by atoms with Gasteiger partial charge in [-0.05, 0) is 48.4 Å². The molecule has 0 spiro atoms. The number of likely N-dealkylation sites (tertiary alicyclic amines) is 1. The third-order valence-corrected chi connectivity index (χ3v) is 5.94. The van der Waals surface area contributed by atoms with E-state index in [0.29, 0.717) is 5.75 Å². The van der Waals surface area contributed by atoms with E-state index in [1.807, 2.05) is 0 Å². The largest absolute Gasteiger partial charge is 0.497 e. The predicted octanol–water partition coefficient (Wildman–Crippen LogP) is 1.11. The van der Waals surface area contributed by atoms with E-state index in [1.165, 1.54) is 29.6 Å². The van der Waals surface area contributed by atoms with Crippen molar-refractivity contribution in [2.24, 2.45) is 5.73 Å². The summed E-state index contributed by atoms with van der Waals surface area (Å²) < 4.78 is 15.5. The van der Waals surface area contributed by atoms with E-state index < -0.39 is 41.8 Å². The average Bonchev–Trinajstić information content (AvgIpc) is 3.65. The maximum absolute atomic E-state index is 13.3. The molecule has 11 nitrogen and oxygen atoms in total. The number of nitrogens with zero attached hydrogens (tertiary/aromatic N) is 1. The molecule has 4 rings (SSSR count). The summed E-state index contributed by atoms with van der Waals surface area (Å²) in [7, 11) is 1.54. The number of nitrogens with one attached hydrogen (secondary N) is 2. The number of hydrogen-bond donors (Lipinski definition) is 3.